The van der Waals surface area contributed by atoms with Crippen molar-refractivity contribution in [2.45, 2.75) is 42.8 Å². The molecule has 15 heteroatoms. The van der Waals surface area contributed by atoms with E-state index in [1.54, 1.807) is 12.1 Å². The number of nitrogens with one attached hydrogen (secondary N) is 1. The van der Waals surface area contributed by atoms with Crippen LogP contribution in [0.2, 0.25) is 5.02 Å². The Bertz CT molecular complexity index is 1020. The number of hydrogen-bond acceptors (Lipinski definition) is 6. The number of rotatable bonds is 7. The molecule has 1 aliphatic carbocycles. The van der Waals surface area contributed by atoms with Crippen molar-refractivity contribution < 1.29 is 39.9 Å². The zero-order chi connectivity index (χ0) is 25.6. The number of halogens is 4. The lowest BCUT2D eigenvalue weighted by Gasteiger charge is -2.30. The van der Waals surface area contributed by atoms with Crippen LogP contribution in [0.1, 0.15) is 25.7 Å². The smallest absolute Gasteiger partial charge is 0.475 e. The molecule has 2 fully saturated rings. The molecule has 0 bridgehead atoms. The molecule has 1 aromatic rings. The van der Waals surface area contributed by atoms with Crippen molar-refractivity contribution in [3.05, 3.63) is 29.3 Å². The number of carbonyl (C=O) groups is 1. The van der Waals surface area contributed by atoms with Crippen molar-refractivity contribution in [1.82, 2.24) is 13.9 Å². The third-order valence-corrected chi connectivity index (χ3v) is 9.50. The first-order chi connectivity index (χ1) is 15.7. The second-order valence-electron chi connectivity index (χ2n) is 7.78. The van der Waals surface area contributed by atoms with Crippen LogP contribution in [0.5, 0.6) is 0 Å². The van der Waals surface area contributed by atoms with Crippen LogP contribution in [0.3, 0.4) is 0 Å². The molecular formula is C19H27ClF3N3O6S2. The van der Waals surface area contributed by atoms with E-state index < -0.39 is 32.2 Å². The first-order valence-corrected chi connectivity index (χ1v) is 13.9. The second kappa shape index (κ2) is 12.0. The second-order valence-corrected chi connectivity index (χ2v) is 12.2. The van der Waals surface area contributed by atoms with Crippen LogP contribution in [0.25, 0.3) is 0 Å². The molecule has 9 nitrogen and oxygen atoms in total. The molecule has 0 aromatic heterocycles. The fourth-order valence-electron chi connectivity index (χ4n) is 3.69. The molecule has 0 unspecified atom stereocenters. The number of nitrogens with zero attached hydrogens (tertiary/aromatic N) is 2. The minimum absolute atomic E-state index is 0.0259. The SMILES string of the molecule is O=C(O)C(F)(F)F.O=S(=O)(CCN(C1CCCC1)S(=O)(=O)c1ccc(Cl)cc1)N1CCNCC1. The quantitative estimate of drug-likeness (QED) is 0.534. The summed E-state index contributed by atoms with van der Waals surface area (Å²) in [6.07, 6.45) is -1.63. The van der Waals surface area contributed by atoms with Gasteiger partial charge < -0.3 is 10.4 Å². The molecule has 1 saturated heterocycles. The minimum Gasteiger partial charge on any atom is -0.475 e. The maximum absolute atomic E-state index is 13.2. The molecule has 1 aromatic carbocycles. The Morgan fingerprint density at radius 1 is 1.09 bits per heavy atom. The molecule has 0 radical (unpaired) electrons. The van der Waals surface area contributed by atoms with Gasteiger partial charge in [0, 0.05) is 43.8 Å². The van der Waals surface area contributed by atoms with Crippen molar-refractivity contribution >= 4 is 37.6 Å². The van der Waals surface area contributed by atoms with Gasteiger partial charge in [0.15, 0.2) is 0 Å². The average molecular weight is 550 g/mol. The van der Waals surface area contributed by atoms with Crippen LogP contribution in [-0.4, -0.2) is 87.2 Å². The molecule has 1 heterocycles. The normalized spacial score (nSPS) is 18.5. The Kier molecular flexibility index (Phi) is 10.2. The Labute approximate surface area is 202 Å². The molecular weight excluding hydrogens is 523 g/mol. The van der Waals surface area contributed by atoms with Crippen LogP contribution in [0.4, 0.5) is 13.2 Å². The van der Waals surface area contributed by atoms with Gasteiger partial charge in [-0.1, -0.05) is 24.4 Å². The summed E-state index contributed by atoms with van der Waals surface area (Å²) in [4.78, 5) is 9.05. The number of alkyl halides is 3. The summed E-state index contributed by atoms with van der Waals surface area (Å²) in [7, 11) is -7.27. The van der Waals surface area contributed by atoms with Crippen molar-refractivity contribution in [2.24, 2.45) is 0 Å². The van der Waals surface area contributed by atoms with E-state index in [0.29, 0.717) is 31.2 Å². The first-order valence-electron chi connectivity index (χ1n) is 10.5. The lowest BCUT2D eigenvalue weighted by Crippen LogP contribution is -2.49. The highest BCUT2D eigenvalue weighted by molar-refractivity contribution is 7.90. The standard InChI is InChI=1S/C17H26ClN3O4S2.C2HF3O2/c18-15-5-7-17(8-6-15)27(24,25)21(16-3-1-2-4-16)13-14-26(22,23)20-11-9-19-10-12-20;3-2(4,5)1(6)7/h5-8,16,19H,1-4,9-14H2;(H,6,7). The fraction of sp³-hybridized carbons (Fsp3) is 0.632. The molecule has 2 aliphatic rings. The van der Waals surface area contributed by atoms with Crippen LogP contribution in [-0.2, 0) is 24.8 Å². The van der Waals surface area contributed by atoms with Gasteiger partial charge in [-0.3, -0.25) is 0 Å². The molecule has 0 amide bonds. The first kappa shape index (κ1) is 28.8. The molecule has 2 N–H and O–H groups in total. The Morgan fingerprint density at radius 3 is 2.06 bits per heavy atom. The summed E-state index contributed by atoms with van der Waals surface area (Å²) in [5, 5.41) is 10.7. The highest BCUT2D eigenvalue weighted by Gasteiger charge is 2.38. The highest BCUT2D eigenvalue weighted by Crippen LogP contribution is 2.29. The monoisotopic (exact) mass is 549 g/mol. The van der Waals surface area contributed by atoms with E-state index in [4.69, 9.17) is 21.5 Å². The predicted octanol–water partition coefficient (Wildman–Crippen LogP) is 2.14. The molecule has 34 heavy (non-hydrogen) atoms. The Hall–Kier alpha value is -1.45. The Morgan fingerprint density at radius 2 is 1.59 bits per heavy atom. The predicted molar refractivity (Wildman–Crippen MR) is 120 cm³/mol. The topological polar surface area (TPSA) is 124 Å². The minimum atomic E-state index is -5.08. The third-order valence-electron chi connectivity index (χ3n) is 5.43. The van der Waals surface area contributed by atoms with Crippen molar-refractivity contribution in [2.75, 3.05) is 38.5 Å². The van der Waals surface area contributed by atoms with E-state index in [2.05, 4.69) is 5.32 Å². The summed E-state index contributed by atoms with van der Waals surface area (Å²) in [5.74, 6) is -2.96. The van der Waals surface area contributed by atoms with Crippen LogP contribution < -0.4 is 5.32 Å². The van der Waals surface area contributed by atoms with Crippen LogP contribution >= 0.6 is 11.6 Å². The van der Waals surface area contributed by atoms with Gasteiger partial charge in [-0.15, -0.1) is 0 Å². The fourth-order valence-corrected chi connectivity index (χ4v) is 7.04. The van der Waals surface area contributed by atoms with E-state index >= 15 is 0 Å². The number of aliphatic carboxylic acids is 1. The maximum atomic E-state index is 13.2. The lowest BCUT2D eigenvalue weighted by atomic mass is 10.2. The van der Waals surface area contributed by atoms with E-state index in [0.717, 1.165) is 25.7 Å². The van der Waals surface area contributed by atoms with E-state index in [1.165, 1.54) is 20.7 Å². The maximum Gasteiger partial charge on any atom is 0.490 e. The van der Waals surface area contributed by atoms with Gasteiger partial charge in [-0.25, -0.2) is 21.6 Å². The van der Waals surface area contributed by atoms with Crippen LogP contribution in [0.15, 0.2) is 29.2 Å². The van der Waals surface area contributed by atoms with Crippen molar-refractivity contribution in [3.63, 3.8) is 0 Å². The summed E-state index contributed by atoms with van der Waals surface area (Å²) < 4.78 is 86.3. The largest absolute Gasteiger partial charge is 0.490 e. The molecule has 0 atom stereocenters. The number of sulfonamides is 2. The van der Waals surface area contributed by atoms with E-state index in [1.807, 2.05) is 0 Å². The number of piperazine rings is 1. The van der Waals surface area contributed by atoms with Gasteiger partial charge in [0.25, 0.3) is 0 Å². The average Bonchev–Trinajstić information content (AvgIpc) is 3.29. The van der Waals surface area contributed by atoms with Crippen LogP contribution in [0, 0.1) is 0 Å². The summed E-state index contributed by atoms with van der Waals surface area (Å²) in [5.41, 5.74) is 0. The molecule has 3 rings (SSSR count). The highest BCUT2D eigenvalue weighted by atomic mass is 35.5. The molecule has 1 saturated carbocycles. The summed E-state index contributed by atoms with van der Waals surface area (Å²) >= 11 is 5.88. The molecule has 1 aliphatic heterocycles. The van der Waals surface area contributed by atoms with E-state index in [9.17, 15) is 30.0 Å². The van der Waals surface area contributed by atoms with Gasteiger partial charge in [-0.05, 0) is 37.1 Å². The van der Waals surface area contributed by atoms with E-state index in [-0.39, 0.29) is 23.2 Å². The summed E-state index contributed by atoms with van der Waals surface area (Å²) in [6, 6.07) is 5.88. The van der Waals surface area contributed by atoms with Gasteiger partial charge in [0.1, 0.15) is 0 Å². The van der Waals surface area contributed by atoms with Crippen molar-refractivity contribution in [1.29, 1.82) is 0 Å². The third kappa shape index (κ3) is 8.05. The number of carboxylic acid groups (broad SMARTS) is 1. The number of benzene rings is 1. The van der Waals surface area contributed by atoms with Gasteiger partial charge in [-0.2, -0.15) is 21.8 Å². The summed E-state index contributed by atoms with van der Waals surface area (Å²) in [6.45, 7) is 2.07. The van der Waals surface area contributed by atoms with Gasteiger partial charge in [0.2, 0.25) is 20.0 Å². The Balaban J connectivity index is 0.000000509. The molecule has 0 spiro atoms. The lowest BCUT2D eigenvalue weighted by molar-refractivity contribution is -0.192. The number of hydrogen-bond donors (Lipinski definition) is 2. The zero-order valence-electron chi connectivity index (χ0n) is 18.2. The van der Waals surface area contributed by atoms with Gasteiger partial charge >= 0.3 is 12.1 Å². The van der Waals surface area contributed by atoms with Crippen molar-refractivity contribution in [3.8, 4) is 0 Å². The van der Waals surface area contributed by atoms with Gasteiger partial charge in [0.05, 0.1) is 10.6 Å². The molecule has 194 valence electrons. The zero-order valence-corrected chi connectivity index (χ0v) is 20.6. The number of carboxylic acids is 1.